The van der Waals surface area contributed by atoms with E-state index in [9.17, 15) is 18.5 Å². The summed E-state index contributed by atoms with van der Waals surface area (Å²) in [5, 5.41) is 12.8. The highest BCUT2D eigenvalue weighted by atomic mass is 32.2. The lowest BCUT2D eigenvalue weighted by molar-refractivity contribution is 0.102. The van der Waals surface area contributed by atoms with Gasteiger partial charge in [-0.1, -0.05) is 25.5 Å². The zero-order chi connectivity index (χ0) is 24.5. The third-order valence-electron chi connectivity index (χ3n) is 5.53. The highest BCUT2D eigenvalue weighted by molar-refractivity contribution is 7.89. The van der Waals surface area contributed by atoms with Crippen LogP contribution in [0.4, 0.5) is 5.82 Å². The molecule has 0 radical (unpaired) electrons. The number of hydrogen-bond donors (Lipinski definition) is 1. The smallest absolute Gasteiger partial charge is 0.256 e. The van der Waals surface area contributed by atoms with E-state index in [2.05, 4.69) is 23.3 Å². The quantitative estimate of drug-likeness (QED) is 0.433. The van der Waals surface area contributed by atoms with Crippen LogP contribution in [0.1, 0.15) is 35.7 Å². The molecule has 10 heteroatoms. The van der Waals surface area contributed by atoms with Gasteiger partial charge in [0.1, 0.15) is 23.0 Å². The monoisotopic (exact) mass is 476 g/mol. The van der Waals surface area contributed by atoms with Gasteiger partial charge >= 0.3 is 0 Å². The predicted molar refractivity (Wildman–Crippen MR) is 130 cm³/mol. The molecule has 2 aromatic heterocycles. The van der Waals surface area contributed by atoms with Crippen LogP contribution in [0.2, 0.25) is 0 Å². The lowest BCUT2D eigenvalue weighted by Gasteiger charge is -2.13. The lowest BCUT2D eigenvalue weighted by atomic mass is 10.2. The fraction of sp³-hybridized carbons (Fsp3) is 0.250. The molecule has 174 valence electrons. The predicted octanol–water partition coefficient (Wildman–Crippen LogP) is 3.76. The number of unbranched alkanes of at least 4 members (excludes halogenated alkanes) is 1. The highest BCUT2D eigenvalue weighted by Gasteiger charge is 2.23. The maximum Gasteiger partial charge on any atom is 0.256 e. The molecule has 0 aliphatic carbocycles. The van der Waals surface area contributed by atoms with Gasteiger partial charge < -0.3 is 9.88 Å². The summed E-state index contributed by atoms with van der Waals surface area (Å²) in [6.07, 6.45) is 1.74. The number of amides is 1. The fourth-order valence-electron chi connectivity index (χ4n) is 3.64. The number of aromatic nitrogens is 3. The van der Waals surface area contributed by atoms with Crippen molar-refractivity contribution in [2.75, 3.05) is 19.4 Å². The van der Waals surface area contributed by atoms with Crippen molar-refractivity contribution >= 4 is 43.9 Å². The standard InChI is InChI=1S/C24H24N6O3S/c1-4-5-14-30-22(18(15-25)21-23(30)27-20-9-7-6-8-19(20)26-21)28-24(31)16-10-12-17(13-11-16)34(32,33)29(2)3/h6-13H,4-5,14H2,1-3H3,(H,28,31). The van der Waals surface area contributed by atoms with Crippen LogP contribution in [0, 0.1) is 11.3 Å². The molecule has 34 heavy (non-hydrogen) atoms. The van der Waals surface area contributed by atoms with Crippen LogP contribution in [0.25, 0.3) is 22.2 Å². The number of para-hydroxylation sites is 2. The topological polar surface area (TPSA) is 121 Å². The molecule has 1 amide bonds. The van der Waals surface area contributed by atoms with Crippen LogP contribution in [0.15, 0.2) is 53.4 Å². The molecule has 4 aromatic rings. The molecule has 4 rings (SSSR count). The van der Waals surface area contributed by atoms with Crippen molar-refractivity contribution in [3.8, 4) is 6.07 Å². The molecule has 0 unspecified atom stereocenters. The molecule has 0 aliphatic rings. The van der Waals surface area contributed by atoms with Gasteiger partial charge in [-0.25, -0.2) is 22.7 Å². The van der Waals surface area contributed by atoms with E-state index in [0.29, 0.717) is 34.6 Å². The third kappa shape index (κ3) is 4.11. The normalized spacial score (nSPS) is 11.7. The first kappa shape index (κ1) is 23.4. The second kappa shape index (κ2) is 9.21. The van der Waals surface area contributed by atoms with Gasteiger partial charge in [-0.3, -0.25) is 4.79 Å². The first-order chi connectivity index (χ1) is 16.3. The van der Waals surface area contributed by atoms with E-state index in [4.69, 9.17) is 4.98 Å². The van der Waals surface area contributed by atoms with E-state index in [1.54, 1.807) is 0 Å². The molecular formula is C24H24N6O3S. The Hall–Kier alpha value is -3.81. The Morgan fingerprint density at radius 3 is 2.32 bits per heavy atom. The van der Waals surface area contributed by atoms with Crippen molar-refractivity contribution in [1.82, 2.24) is 18.8 Å². The average Bonchev–Trinajstić information content (AvgIpc) is 3.11. The first-order valence-electron chi connectivity index (χ1n) is 10.8. The molecule has 0 spiro atoms. The number of nitriles is 1. The van der Waals surface area contributed by atoms with Crippen molar-refractivity contribution in [2.45, 2.75) is 31.2 Å². The zero-order valence-electron chi connectivity index (χ0n) is 19.1. The minimum atomic E-state index is -3.60. The molecule has 0 bridgehead atoms. The van der Waals surface area contributed by atoms with Crippen molar-refractivity contribution in [3.05, 3.63) is 59.7 Å². The summed E-state index contributed by atoms with van der Waals surface area (Å²) in [7, 11) is -0.716. The molecule has 0 aliphatic heterocycles. The Labute approximate surface area is 197 Å². The fourth-order valence-corrected chi connectivity index (χ4v) is 4.54. The molecule has 9 nitrogen and oxygen atoms in total. The summed E-state index contributed by atoms with van der Waals surface area (Å²) in [6.45, 7) is 2.61. The number of rotatable bonds is 7. The second-order valence-electron chi connectivity index (χ2n) is 7.99. The number of aryl methyl sites for hydroxylation is 1. The molecule has 1 N–H and O–H groups in total. The maximum atomic E-state index is 13.1. The minimum Gasteiger partial charge on any atom is -0.309 e. The van der Waals surface area contributed by atoms with Gasteiger partial charge in [0.05, 0.1) is 15.9 Å². The number of nitrogens with one attached hydrogen (secondary N) is 1. The van der Waals surface area contributed by atoms with E-state index in [1.165, 1.54) is 38.4 Å². The van der Waals surface area contributed by atoms with E-state index < -0.39 is 15.9 Å². The van der Waals surface area contributed by atoms with Gasteiger partial charge in [0.25, 0.3) is 5.91 Å². The van der Waals surface area contributed by atoms with Crippen molar-refractivity contribution < 1.29 is 13.2 Å². The Balaban J connectivity index is 1.78. The Kier molecular flexibility index (Phi) is 6.32. The third-order valence-corrected chi connectivity index (χ3v) is 7.35. The number of nitrogens with zero attached hydrogens (tertiary/aromatic N) is 5. The number of carbonyl (C=O) groups is 1. The van der Waals surface area contributed by atoms with Gasteiger partial charge in [0.15, 0.2) is 5.65 Å². The van der Waals surface area contributed by atoms with Crippen LogP contribution in [0.3, 0.4) is 0 Å². The van der Waals surface area contributed by atoms with Crippen molar-refractivity contribution in [1.29, 1.82) is 5.26 Å². The second-order valence-corrected chi connectivity index (χ2v) is 10.1. The van der Waals surface area contributed by atoms with E-state index >= 15 is 0 Å². The summed E-state index contributed by atoms with van der Waals surface area (Å²) in [4.78, 5) is 22.5. The number of fused-ring (bicyclic) bond motifs is 2. The number of benzene rings is 2. The average molecular weight is 477 g/mol. The Morgan fingerprint density at radius 1 is 1.09 bits per heavy atom. The van der Waals surface area contributed by atoms with Crippen LogP contribution >= 0.6 is 0 Å². The number of hydrogen-bond acceptors (Lipinski definition) is 6. The van der Waals surface area contributed by atoms with Gasteiger partial charge in [0, 0.05) is 26.2 Å². The van der Waals surface area contributed by atoms with Crippen molar-refractivity contribution in [2.24, 2.45) is 0 Å². The zero-order valence-corrected chi connectivity index (χ0v) is 19.9. The SMILES string of the molecule is CCCCn1c(NC(=O)c2ccc(S(=O)(=O)N(C)C)cc2)c(C#N)c2nc3ccccc3nc21. The molecule has 0 fully saturated rings. The van der Waals surface area contributed by atoms with Crippen LogP contribution in [-0.2, 0) is 16.6 Å². The molecular weight excluding hydrogens is 452 g/mol. The Morgan fingerprint density at radius 2 is 1.74 bits per heavy atom. The Bertz CT molecular complexity index is 1530. The van der Waals surface area contributed by atoms with Gasteiger partial charge in [-0.15, -0.1) is 0 Å². The summed E-state index contributed by atoms with van der Waals surface area (Å²) in [5.41, 5.74) is 2.83. The van der Waals surface area contributed by atoms with Crippen LogP contribution in [0.5, 0.6) is 0 Å². The summed E-state index contributed by atoms with van der Waals surface area (Å²) in [5.74, 6) is -0.133. The van der Waals surface area contributed by atoms with Crippen LogP contribution < -0.4 is 5.32 Å². The van der Waals surface area contributed by atoms with E-state index in [0.717, 1.165) is 17.1 Å². The van der Waals surface area contributed by atoms with Crippen LogP contribution in [-0.4, -0.2) is 47.3 Å². The maximum absolute atomic E-state index is 13.1. The number of sulfonamides is 1. The molecule has 2 aromatic carbocycles. The largest absolute Gasteiger partial charge is 0.309 e. The summed E-state index contributed by atoms with van der Waals surface area (Å²) < 4.78 is 27.5. The lowest BCUT2D eigenvalue weighted by Crippen LogP contribution is -2.22. The van der Waals surface area contributed by atoms with Gasteiger partial charge in [-0.2, -0.15) is 5.26 Å². The van der Waals surface area contributed by atoms with E-state index in [1.807, 2.05) is 28.8 Å². The molecule has 2 heterocycles. The summed E-state index contributed by atoms with van der Waals surface area (Å²) in [6, 6.07) is 15.2. The highest BCUT2D eigenvalue weighted by Crippen LogP contribution is 2.30. The van der Waals surface area contributed by atoms with Crippen molar-refractivity contribution in [3.63, 3.8) is 0 Å². The molecule has 0 atom stereocenters. The molecule has 0 saturated carbocycles. The first-order valence-corrected chi connectivity index (χ1v) is 12.2. The van der Waals surface area contributed by atoms with Gasteiger partial charge in [-0.05, 0) is 42.8 Å². The number of anilines is 1. The molecule has 0 saturated heterocycles. The van der Waals surface area contributed by atoms with Gasteiger partial charge in [0.2, 0.25) is 10.0 Å². The minimum absolute atomic E-state index is 0.0870. The van der Waals surface area contributed by atoms with E-state index in [-0.39, 0.29) is 16.0 Å². The number of carbonyl (C=O) groups excluding carboxylic acids is 1. The summed E-state index contributed by atoms with van der Waals surface area (Å²) >= 11 is 0.